The molecule has 2 aromatic carbocycles. The molecule has 7 heteroatoms. The maximum Gasteiger partial charge on any atom is 0.407 e. The molecule has 184 valence electrons. The predicted octanol–water partition coefficient (Wildman–Crippen LogP) is 4.41. The van der Waals surface area contributed by atoms with Gasteiger partial charge in [0, 0.05) is 12.5 Å². The standard InChI is InChI=1S/C28H32N2O5/c1-3-17(2)12-24(25(31)30-15-18-13-28(30,14-18)26(32)33)29-27(34)35-16-23-21-10-6-4-8-19(21)20-9-5-7-11-22(20)23/h4-11,17-18,23-24H,3,12-16H2,1-2H3,(H,29,34)(H,32,33). The summed E-state index contributed by atoms with van der Waals surface area (Å²) in [6.07, 6.45) is 1.63. The summed E-state index contributed by atoms with van der Waals surface area (Å²) in [6.45, 7) is 4.66. The van der Waals surface area contributed by atoms with Gasteiger partial charge in [-0.25, -0.2) is 9.59 Å². The van der Waals surface area contributed by atoms with Crippen molar-refractivity contribution in [2.24, 2.45) is 11.8 Å². The fourth-order valence-corrected chi connectivity index (χ4v) is 6.03. The maximum atomic E-state index is 13.5. The Labute approximate surface area is 205 Å². The molecule has 0 aromatic heterocycles. The summed E-state index contributed by atoms with van der Waals surface area (Å²) in [5.41, 5.74) is 3.42. The molecule has 2 unspecified atom stereocenters. The van der Waals surface area contributed by atoms with Gasteiger partial charge in [-0.3, -0.25) is 4.79 Å². The van der Waals surface area contributed by atoms with Gasteiger partial charge >= 0.3 is 12.1 Å². The molecule has 0 radical (unpaired) electrons. The lowest BCUT2D eigenvalue weighted by molar-refractivity contribution is -0.159. The van der Waals surface area contributed by atoms with Crippen LogP contribution in [0.4, 0.5) is 4.79 Å². The van der Waals surface area contributed by atoms with E-state index < -0.39 is 23.6 Å². The van der Waals surface area contributed by atoms with E-state index in [1.165, 1.54) is 4.90 Å². The van der Waals surface area contributed by atoms with E-state index in [1.54, 1.807) is 0 Å². The Morgan fingerprint density at radius 2 is 1.69 bits per heavy atom. The number of alkyl carbamates (subject to hydrolysis) is 1. The number of nitrogens with one attached hydrogen (secondary N) is 1. The molecule has 2 heterocycles. The van der Waals surface area contributed by atoms with Crippen LogP contribution in [0, 0.1) is 11.8 Å². The van der Waals surface area contributed by atoms with Crippen molar-refractivity contribution in [1.29, 1.82) is 0 Å². The number of hydrogen-bond donors (Lipinski definition) is 2. The largest absolute Gasteiger partial charge is 0.479 e. The van der Waals surface area contributed by atoms with E-state index >= 15 is 0 Å². The molecule has 1 saturated carbocycles. The Hall–Kier alpha value is -3.35. The van der Waals surface area contributed by atoms with Crippen LogP contribution < -0.4 is 5.32 Å². The minimum Gasteiger partial charge on any atom is -0.479 e. The average molecular weight is 477 g/mol. The molecule has 2 bridgehead atoms. The van der Waals surface area contributed by atoms with E-state index in [0.29, 0.717) is 25.8 Å². The van der Waals surface area contributed by atoms with E-state index in [1.807, 2.05) is 38.1 Å². The lowest BCUT2D eigenvalue weighted by Gasteiger charge is -2.39. The fourth-order valence-electron chi connectivity index (χ4n) is 6.03. The van der Waals surface area contributed by atoms with Crippen molar-refractivity contribution in [2.45, 2.75) is 57.0 Å². The van der Waals surface area contributed by atoms with Crippen LogP contribution in [-0.4, -0.2) is 52.7 Å². The third-order valence-electron chi connectivity index (χ3n) is 8.14. The smallest absolute Gasteiger partial charge is 0.407 e. The van der Waals surface area contributed by atoms with Crippen LogP contribution in [0.3, 0.4) is 0 Å². The van der Waals surface area contributed by atoms with Crippen molar-refractivity contribution < 1.29 is 24.2 Å². The van der Waals surface area contributed by atoms with Crippen molar-refractivity contribution in [3.8, 4) is 11.1 Å². The topological polar surface area (TPSA) is 95.9 Å². The van der Waals surface area contributed by atoms with Crippen molar-refractivity contribution >= 4 is 18.0 Å². The first-order valence-electron chi connectivity index (χ1n) is 12.5. The van der Waals surface area contributed by atoms with E-state index in [9.17, 15) is 19.5 Å². The van der Waals surface area contributed by atoms with Gasteiger partial charge in [-0.2, -0.15) is 0 Å². The predicted molar refractivity (Wildman–Crippen MR) is 131 cm³/mol. The molecule has 2 atom stereocenters. The van der Waals surface area contributed by atoms with Crippen LogP contribution in [0.25, 0.3) is 11.1 Å². The zero-order valence-electron chi connectivity index (χ0n) is 20.2. The number of carboxylic acid groups (broad SMARTS) is 1. The lowest BCUT2D eigenvalue weighted by Crippen LogP contribution is -2.59. The quantitative estimate of drug-likeness (QED) is 0.589. The first-order chi connectivity index (χ1) is 16.8. The number of ether oxygens (including phenoxy) is 1. The van der Waals surface area contributed by atoms with Crippen LogP contribution in [0.2, 0.25) is 0 Å². The molecular weight excluding hydrogens is 444 g/mol. The molecule has 2 aliphatic carbocycles. The van der Waals surface area contributed by atoms with Gasteiger partial charge < -0.3 is 20.1 Å². The molecular formula is C28H32N2O5. The maximum absolute atomic E-state index is 13.5. The van der Waals surface area contributed by atoms with Crippen LogP contribution in [0.5, 0.6) is 0 Å². The normalized spacial score (nSPS) is 23.6. The summed E-state index contributed by atoms with van der Waals surface area (Å²) in [5, 5.41) is 12.6. The summed E-state index contributed by atoms with van der Waals surface area (Å²) in [4.78, 5) is 39.8. The second-order valence-electron chi connectivity index (χ2n) is 10.3. The van der Waals surface area contributed by atoms with Crippen LogP contribution in [-0.2, 0) is 14.3 Å². The highest BCUT2D eigenvalue weighted by Gasteiger charge is 2.63. The first-order valence-corrected chi connectivity index (χ1v) is 12.5. The van der Waals surface area contributed by atoms with E-state index in [4.69, 9.17) is 4.74 Å². The highest BCUT2D eigenvalue weighted by molar-refractivity contribution is 5.93. The monoisotopic (exact) mass is 476 g/mol. The lowest BCUT2D eigenvalue weighted by atomic mass is 9.73. The number of nitrogens with zero attached hydrogens (tertiary/aromatic N) is 1. The Balaban J connectivity index is 1.29. The van der Waals surface area contributed by atoms with Gasteiger partial charge in [0.1, 0.15) is 18.2 Å². The number of carbonyl (C=O) groups is 3. The molecule has 7 nitrogen and oxygen atoms in total. The molecule has 2 N–H and O–H groups in total. The second kappa shape index (κ2) is 9.02. The Morgan fingerprint density at radius 1 is 1.09 bits per heavy atom. The molecule has 2 aromatic rings. The number of carbonyl (C=O) groups excluding carboxylic acids is 2. The summed E-state index contributed by atoms with van der Waals surface area (Å²) < 4.78 is 5.67. The van der Waals surface area contributed by atoms with Crippen LogP contribution in [0.1, 0.15) is 56.6 Å². The summed E-state index contributed by atoms with van der Waals surface area (Å²) in [7, 11) is 0. The molecule has 2 amide bonds. The fraction of sp³-hybridized carbons (Fsp3) is 0.464. The third kappa shape index (κ3) is 3.97. The van der Waals surface area contributed by atoms with E-state index in [0.717, 1.165) is 28.7 Å². The molecule has 2 aliphatic heterocycles. The van der Waals surface area contributed by atoms with Gasteiger partial charge in [-0.1, -0.05) is 68.8 Å². The Morgan fingerprint density at radius 3 is 2.26 bits per heavy atom. The van der Waals surface area contributed by atoms with Crippen LogP contribution in [0.15, 0.2) is 48.5 Å². The highest BCUT2D eigenvalue weighted by Crippen LogP contribution is 2.51. The second-order valence-corrected chi connectivity index (χ2v) is 10.3. The van der Waals surface area contributed by atoms with Gasteiger partial charge in [-0.15, -0.1) is 0 Å². The van der Waals surface area contributed by atoms with Crippen molar-refractivity contribution in [2.75, 3.05) is 13.2 Å². The number of benzene rings is 2. The molecule has 4 aliphatic rings. The average Bonchev–Trinajstić information content (AvgIpc) is 3.50. The molecule has 0 spiro atoms. The zero-order chi connectivity index (χ0) is 24.7. The van der Waals surface area contributed by atoms with Gasteiger partial charge in [0.25, 0.3) is 0 Å². The molecule has 3 fully saturated rings. The number of fused-ring (bicyclic) bond motifs is 4. The molecule has 6 rings (SSSR count). The SMILES string of the molecule is CCC(C)CC(NC(=O)OCC1c2ccccc2-c2ccccc21)C(=O)N1CC2CC1(C(=O)O)C2. The van der Waals surface area contributed by atoms with Gasteiger partial charge in [-0.05, 0) is 53.4 Å². The number of rotatable bonds is 8. The van der Waals surface area contributed by atoms with Gasteiger partial charge in [0.05, 0.1) is 0 Å². The molecule has 35 heavy (non-hydrogen) atoms. The van der Waals surface area contributed by atoms with E-state index in [-0.39, 0.29) is 30.3 Å². The number of carboxylic acids is 1. The Kier molecular flexibility index (Phi) is 6.03. The van der Waals surface area contributed by atoms with Crippen molar-refractivity contribution in [3.63, 3.8) is 0 Å². The minimum absolute atomic E-state index is 0.0713. The number of amides is 2. The van der Waals surface area contributed by atoms with Crippen LogP contribution >= 0.6 is 0 Å². The molecule has 2 saturated heterocycles. The zero-order valence-corrected chi connectivity index (χ0v) is 20.2. The van der Waals surface area contributed by atoms with E-state index in [2.05, 4.69) is 29.6 Å². The minimum atomic E-state index is -1.11. The number of aliphatic carboxylic acids is 1. The highest BCUT2D eigenvalue weighted by atomic mass is 16.5. The summed E-state index contributed by atoms with van der Waals surface area (Å²) in [5.74, 6) is -0.924. The van der Waals surface area contributed by atoms with Crippen molar-refractivity contribution in [1.82, 2.24) is 10.2 Å². The first kappa shape index (κ1) is 23.4. The Bertz CT molecular complexity index is 1110. The number of hydrogen-bond acceptors (Lipinski definition) is 4. The summed E-state index contributed by atoms with van der Waals surface area (Å²) in [6, 6.07) is 15.4. The van der Waals surface area contributed by atoms with Crippen molar-refractivity contribution in [3.05, 3.63) is 59.7 Å². The summed E-state index contributed by atoms with van der Waals surface area (Å²) >= 11 is 0. The van der Waals surface area contributed by atoms with Gasteiger partial charge in [0.15, 0.2) is 0 Å². The third-order valence-corrected chi connectivity index (χ3v) is 8.14. The van der Waals surface area contributed by atoms with Gasteiger partial charge in [0.2, 0.25) is 5.91 Å².